The van der Waals surface area contributed by atoms with Gasteiger partial charge in [-0.15, -0.1) is 4.73 Å². The molecule has 0 saturated heterocycles. The molecule has 3 rings (SSSR count). The molecule has 1 aromatic heterocycles. The summed E-state index contributed by atoms with van der Waals surface area (Å²) in [6.07, 6.45) is 0.884. The second kappa shape index (κ2) is 4.08. The Kier molecular flexibility index (Phi) is 2.58. The van der Waals surface area contributed by atoms with Crippen LogP contribution in [0.2, 0.25) is 0 Å². The molecule has 0 aliphatic rings. The fourth-order valence-corrected chi connectivity index (χ4v) is 2.74. The molecule has 2 aromatic carbocycles. The van der Waals surface area contributed by atoms with Crippen LogP contribution in [0, 0.1) is 0 Å². The van der Waals surface area contributed by atoms with E-state index in [1.807, 2.05) is 18.2 Å². The molecule has 3 aromatic rings. The third-order valence-corrected chi connectivity index (χ3v) is 3.51. The van der Waals surface area contributed by atoms with Crippen molar-refractivity contribution in [3.8, 4) is 0 Å². The van der Waals surface area contributed by atoms with Gasteiger partial charge in [0.25, 0.3) is 5.56 Å². The van der Waals surface area contributed by atoms with Crippen LogP contribution < -0.4 is 15.2 Å². The van der Waals surface area contributed by atoms with Crippen LogP contribution in [0.5, 0.6) is 0 Å². The zero-order chi connectivity index (χ0) is 14.5. The maximum atomic E-state index is 12.4. The van der Waals surface area contributed by atoms with Crippen LogP contribution >= 0.6 is 0 Å². The molecule has 0 radical (unpaired) electrons. The molecule has 0 fully saturated rings. The van der Waals surface area contributed by atoms with Gasteiger partial charge in [-0.2, -0.15) is 8.42 Å². The highest BCUT2D eigenvalue weighted by Gasteiger charge is 2.14. The minimum Gasteiger partial charge on any atom is -0.284 e. The fourth-order valence-electron chi connectivity index (χ4n) is 2.32. The molecule has 0 saturated carbocycles. The summed E-state index contributed by atoms with van der Waals surface area (Å²) in [4.78, 5) is 12.4. The lowest BCUT2D eigenvalue weighted by Crippen LogP contribution is -2.40. The van der Waals surface area contributed by atoms with Gasteiger partial charge < -0.3 is 0 Å². The second-order valence-corrected chi connectivity index (χ2v) is 6.09. The zero-order valence-corrected chi connectivity index (χ0v) is 11.5. The van der Waals surface area contributed by atoms with E-state index in [9.17, 15) is 13.2 Å². The molecule has 0 unspecified atom stereocenters. The number of nitrogens with zero attached hydrogens (tertiary/aromatic N) is 1. The summed E-state index contributed by atoms with van der Waals surface area (Å²) in [5.41, 5.74) is -0.537. The lowest BCUT2D eigenvalue weighted by atomic mass is 10.0. The van der Waals surface area contributed by atoms with Crippen molar-refractivity contribution in [1.82, 2.24) is 4.73 Å². The predicted molar refractivity (Wildman–Crippen MR) is 77.9 cm³/mol. The number of pyridine rings is 1. The third kappa shape index (κ3) is 1.85. The summed E-state index contributed by atoms with van der Waals surface area (Å²) < 4.78 is 28.1. The molecule has 0 atom stereocenters. The SMILES string of the molecule is C=c1c2cccc3cccc(c(=O)n1OS(C)(=O)=O)c32. The van der Waals surface area contributed by atoms with Crippen molar-refractivity contribution >= 4 is 38.2 Å². The van der Waals surface area contributed by atoms with Crippen molar-refractivity contribution < 1.29 is 12.7 Å². The first kappa shape index (κ1) is 12.7. The largest absolute Gasteiger partial charge is 0.324 e. The summed E-state index contributed by atoms with van der Waals surface area (Å²) in [5, 5.41) is 2.95. The van der Waals surface area contributed by atoms with Gasteiger partial charge in [0.2, 0.25) is 0 Å². The number of aromatic nitrogens is 1. The molecule has 0 aliphatic heterocycles. The molecule has 0 spiro atoms. The van der Waals surface area contributed by atoms with E-state index in [0.717, 1.165) is 21.8 Å². The molecule has 0 aliphatic carbocycles. The van der Waals surface area contributed by atoms with Gasteiger partial charge in [-0.1, -0.05) is 36.9 Å². The second-order valence-electron chi connectivity index (χ2n) is 4.53. The van der Waals surface area contributed by atoms with E-state index in [2.05, 4.69) is 6.58 Å². The number of hydrogen-bond donors (Lipinski definition) is 0. The Morgan fingerprint density at radius 1 is 1.10 bits per heavy atom. The molecule has 6 heteroatoms. The highest BCUT2D eigenvalue weighted by Crippen LogP contribution is 2.21. The minimum atomic E-state index is -3.82. The first-order chi connectivity index (χ1) is 9.38. The number of hydrogen-bond acceptors (Lipinski definition) is 4. The van der Waals surface area contributed by atoms with Crippen LogP contribution in [0.3, 0.4) is 0 Å². The molecular weight excluding hydrogens is 278 g/mol. The summed E-state index contributed by atoms with van der Waals surface area (Å²) in [6.45, 7) is 3.77. The average molecular weight is 289 g/mol. The smallest absolute Gasteiger partial charge is 0.284 e. The normalized spacial score (nSPS) is 12.1. The van der Waals surface area contributed by atoms with Crippen LogP contribution in [-0.4, -0.2) is 19.4 Å². The molecule has 5 nitrogen and oxygen atoms in total. The van der Waals surface area contributed by atoms with Crippen LogP contribution in [0.15, 0.2) is 41.2 Å². The molecule has 0 N–H and O–H groups in total. The van der Waals surface area contributed by atoms with Gasteiger partial charge in [0.05, 0.1) is 17.0 Å². The van der Waals surface area contributed by atoms with Crippen molar-refractivity contribution in [1.29, 1.82) is 0 Å². The average Bonchev–Trinajstić information content (AvgIpc) is 2.39. The van der Waals surface area contributed by atoms with Gasteiger partial charge in [0.15, 0.2) is 0 Å². The lowest BCUT2D eigenvalue weighted by molar-refractivity contribution is 0.265. The van der Waals surface area contributed by atoms with E-state index in [1.165, 1.54) is 0 Å². The predicted octanol–water partition coefficient (Wildman–Crippen LogP) is 0.672. The lowest BCUT2D eigenvalue weighted by Gasteiger charge is -2.11. The monoisotopic (exact) mass is 289 g/mol. The molecule has 0 bridgehead atoms. The van der Waals surface area contributed by atoms with E-state index >= 15 is 0 Å². The standard InChI is InChI=1S/C14H11NO4S/c1-9-11-7-3-5-10-6-4-8-12(13(10)11)14(16)15(9)19-20(2,17)18/h3-8H,1H2,2H3. The van der Waals surface area contributed by atoms with E-state index < -0.39 is 15.7 Å². The Bertz CT molecular complexity index is 972. The van der Waals surface area contributed by atoms with Gasteiger partial charge in [-0.05, 0) is 11.5 Å². The van der Waals surface area contributed by atoms with Crippen LogP contribution in [0.1, 0.15) is 0 Å². The maximum absolute atomic E-state index is 12.4. The zero-order valence-electron chi connectivity index (χ0n) is 10.7. The van der Waals surface area contributed by atoms with Crippen molar-refractivity contribution in [2.75, 3.05) is 6.26 Å². The first-order valence-corrected chi connectivity index (χ1v) is 7.65. The van der Waals surface area contributed by atoms with E-state index in [4.69, 9.17) is 4.28 Å². The quantitative estimate of drug-likeness (QED) is 0.695. The summed E-state index contributed by atoms with van der Waals surface area (Å²) in [5.74, 6) is 0. The van der Waals surface area contributed by atoms with Crippen LogP contribution in [-0.2, 0) is 10.1 Å². The molecule has 1 heterocycles. The van der Waals surface area contributed by atoms with Crippen LogP contribution in [0.4, 0.5) is 0 Å². The first-order valence-electron chi connectivity index (χ1n) is 5.83. The summed E-state index contributed by atoms with van der Waals surface area (Å²) >= 11 is 0. The highest BCUT2D eigenvalue weighted by molar-refractivity contribution is 7.86. The van der Waals surface area contributed by atoms with Crippen molar-refractivity contribution in [2.45, 2.75) is 0 Å². The van der Waals surface area contributed by atoms with Gasteiger partial charge in [0, 0.05) is 10.8 Å². The molecule has 102 valence electrons. The summed E-state index contributed by atoms with van der Waals surface area (Å²) in [7, 11) is -3.82. The maximum Gasteiger partial charge on any atom is 0.324 e. The highest BCUT2D eigenvalue weighted by atomic mass is 32.2. The van der Waals surface area contributed by atoms with Crippen molar-refractivity contribution in [3.63, 3.8) is 0 Å². The fraction of sp³-hybridized carbons (Fsp3) is 0.0714. The van der Waals surface area contributed by atoms with Gasteiger partial charge in [-0.3, -0.25) is 9.08 Å². The van der Waals surface area contributed by atoms with Crippen LogP contribution in [0.25, 0.3) is 28.1 Å². The third-order valence-electron chi connectivity index (χ3n) is 3.09. The Hall–Kier alpha value is -2.34. The van der Waals surface area contributed by atoms with Gasteiger partial charge in [0.1, 0.15) is 0 Å². The van der Waals surface area contributed by atoms with E-state index in [-0.39, 0.29) is 5.35 Å². The number of rotatable bonds is 2. The summed E-state index contributed by atoms with van der Waals surface area (Å²) in [6, 6.07) is 10.7. The van der Waals surface area contributed by atoms with Crippen molar-refractivity contribution in [3.05, 3.63) is 52.1 Å². The number of benzene rings is 2. The Morgan fingerprint density at radius 2 is 1.70 bits per heavy atom. The molecular formula is C14H11NO4S. The van der Waals surface area contributed by atoms with Crippen molar-refractivity contribution in [2.24, 2.45) is 0 Å². The van der Waals surface area contributed by atoms with E-state index in [0.29, 0.717) is 10.8 Å². The van der Waals surface area contributed by atoms with Gasteiger partial charge >= 0.3 is 10.1 Å². The Labute approximate surface area is 114 Å². The Morgan fingerprint density at radius 3 is 2.30 bits per heavy atom. The minimum absolute atomic E-state index is 0.213. The topological polar surface area (TPSA) is 65.4 Å². The van der Waals surface area contributed by atoms with E-state index in [1.54, 1.807) is 18.2 Å². The Balaban J connectivity index is 2.57. The molecule has 20 heavy (non-hydrogen) atoms. The van der Waals surface area contributed by atoms with Gasteiger partial charge in [-0.25, -0.2) is 0 Å². The molecule has 0 amide bonds.